The molecule has 2 N–H and O–H groups in total. The van der Waals surface area contributed by atoms with Gasteiger partial charge in [-0.15, -0.1) is 24.0 Å². The predicted molar refractivity (Wildman–Crippen MR) is 117 cm³/mol. The third-order valence-electron chi connectivity index (χ3n) is 4.18. The van der Waals surface area contributed by atoms with Crippen LogP contribution in [0, 0.1) is 0 Å². The average Bonchev–Trinajstić information content (AvgIpc) is 2.56. The number of hydrogen-bond acceptors (Lipinski definition) is 3. The molecule has 1 aliphatic rings. The van der Waals surface area contributed by atoms with E-state index in [1.54, 1.807) is 0 Å². The Bertz CT molecular complexity index is 284. The molecule has 0 spiro atoms. The Morgan fingerprint density at radius 2 is 1.61 bits per heavy atom. The van der Waals surface area contributed by atoms with Gasteiger partial charge in [-0.1, -0.05) is 12.8 Å². The zero-order valence-electron chi connectivity index (χ0n) is 15.1. The lowest BCUT2D eigenvalue weighted by Crippen LogP contribution is -2.38. The molecule has 0 unspecified atom stereocenters. The fourth-order valence-electron chi connectivity index (χ4n) is 2.83. The Balaban J connectivity index is 0.00000484. The first-order valence-electron chi connectivity index (χ1n) is 9.02. The van der Waals surface area contributed by atoms with E-state index in [-0.39, 0.29) is 24.0 Å². The molecule has 0 amide bonds. The Morgan fingerprint density at radius 1 is 0.957 bits per heavy atom. The molecular weight excluding hydrogens is 419 g/mol. The number of aliphatic imine (C=N–C) groups is 1. The molecule has 1 rings (SSSR count). The van der Waals surface area contributed by atoms with Crippen LogP contribution in [-0.4, -0.2) is 62.6 Å². The molecule has 0 aliphatic carbocycles. The largest absolute Gasteiger partial charge is 0.356 e. The lowest BCUT2D eigenvalue weighted by molar-refractivity contribution is 0.224. The molecule has 1 fully saturated rings. The van der Waals surface area contributed by atoms with Gasteiger partial charge < -0.3 is 15.5 Å². The summed E-state index contributed by atoms with van der Waals surface area (Å²) in [6.45, 7) is 6.00. The molecule has 23 heavy (non-hydrogen) atoms. The van der Waals surface area contributed by atoms with Crippen molar-refractivity contribution in [1.82, 2.24) is 15.5 Å². The number of nitrogens with one attached hydrogen (secondary N) is 2. The Labute approximate surface area is 165 Å². The number of guanidine groups is 1. The lowest BCUT2D eigenvalue weighted by Gasteiger charge is -2.26. The highest BCUT2D eigenvalue weighted by Gasteiger charge is 2.08. The third kappa shape index (κ3) is 13.3. The summed E-state index contributed by atoms with van der Waals surface area (Å²) in [7, 11) is 1.85. The van der Waals surface area contributed by atoms with E-state index >= 15 is 0 Å². The number of thioether (sulfide) groups is 1. The van der Waals surface area contributed by atoms with Gasteiger partial charge >= 0.3 is 0 Å². The van der Waals surface area contributed by atoms with Crippen molar-refractivity contribution in [2.75, 3.05) is 51.8 Å². The summed E-state index contributed by atoms with van der Waals surface area (Å²) in [5, 5.41) is 6.81. The molecule has 0 aromatic heterocycles. The second-order valence-corrected chi connectivity index (χ2v) is 7.07. The standard InChI is InChI=1S/C17H36N4S.HI/c1-18-17(20-12-6-10-16-22-2)19-11-5-3-7-13-21-14-8-4-9-15-21;/h3-16H2,1-2H3,(H2,18,19,20);1H. The van der Waals surface area contributed by atoms with E-state index in [9.17, 15) is 0 Å². The van der Waals surface area contributed by atoms with Gasteiger partial charge in [0.2, 0.25) is 0 Å². The van der Waals surface area contributed by atoms with E-state index in [4.69, 9.17) is 0 Å². The number of unbranched alkanes of at least 4 members (excludes halogenated alkanes) is 3. The monoisotopic (exact) mass is 456 g/mol. The molecule has 1 heterocycles. The number of rotatable bonds is 11. The van der Waals surface area contributed by atoms with E-state index < -0.39 is 0 Å². The van der Waals surface area contributed by atoms with Crippen LogP contribution in [0.1, 0.15) is 51.4 Å². The van der Waals surface area contributed by atoms with E-state index in [1.807, 2.05) is 18.8 Å². The molecule has 0 aromatic rings. The summed E-state index contributed by atoms with van der Waals surface area (Å²) in [6, 6.07) is 0. The second-order valence-electron chi connectivity index (χ2n) is 6.09. The van der Waals surface area contributed by atoms with Gasteiger partial charge in [-0.25, -0.2) is 0 Å². The van der Waals surface area contributed by atoms with Gasteiger partial charge in [-0.2, -0.15) is 11.8 Å². The minimum atomic E-state index is 0. The van der Waals surface area contributed by atoms with Gasteiger partial charge in [0, 0.05) is 20.1 Å². The van der Waals surface area contributed by atoms with Crippen LogP contribution in [0.5, 0.6) is 0 Å². The fourth-order valence-corrected chi connectivity index (χ4v) is 3.32. The van der Waals surface area contributed by atoms with E-state index in [1.165, 1.54) is 76.8 Å². The molecule has 1 saturated heterocycles. The fraction of sp³-hybridized carbons (Fsp3) is 0.941. The van der Waals surface area contributed by atoms with Gasteiger partial charge in [-0.05, 0) is 70.2 Å². The van der Waals surface area contributed by atoms with Crippen molar-refractivity contribution >= 4 is 41.7 Å². The third-order valence-corrected chi connectivity index (χ3v) is 4.88. The summed E-state index contributed by atoms with van der Waals surface area (Å²) in [6.07, 6.45) is 12.8. The van der Waals surface area contributed by atoms with Gasteiger partial charge in [0.25, 0.3) is 0 Å². The Morgan fingerprint density at radius 3 is 2.22 bits per heavy atom. The lowest BCUT2D eigenvalue weighted by atomic mass is 10.1. The number of hydrogen-bond donors (Lipinski definition) is 2. The van der Waals surface area contributed by atoms with E-state index in [2.05, 4.69) is 26.8 Å². The molecule has 0 atom stereocenters. The molecule has 0 bridgehead atoms. The maximum absolute atomic E-state index is 4.28. The van der Waals surface area contributed by atoms with E-state index in [0.29, 0.717) is 0 Å². The molecule has 0 radical (unpaired) electrons. The van der Waals surface area contributed by atoms with Gasteiger partial charge in [0.05, 0.1) is 0 Å². The zero-order valence-corrected chi connectivity index (χ0v) is 18.3. The second kappa shape index (κ2) is 17.1. The number of piperidine rings is 1. The van der Waals surface area contributed by atoms with Crippen molar-refractivity contribution in [2.24, 2.45) is 4.99 Å². The Hall–Kier alpha value is 0.310. The highest BCUT2D eigenvalue weighted by Crippen LogP contribution is 2.09. The van der Waals surface area contributed by atoms with Crippen LogP contribution < -0.4 is 10.6 Å². The van der Waals surface area contributed by atoms with Crippen molar-refractivity contribution in [1.29, 1.82) is 0 Å². The SMILES string of the molecule is CN=C(NCCCCCN1CCCCC1)NCCCCSC.I. The van der Waals surface area contributed by atoms with Crippen LogP contribution in [-0.2, 0) is 0 Å². The van der Waals surface area contributed by atoms with Crippen molar-refractivity contribution in [3.63, 3.8) is 0 Å². The summed E-state index contributed by atoms with van der Waals surface area (Å²) in [4.78, 5) is 6.91. The molecule has 1 aliphatic heterocycles. The zero-order chi connectivity index (χ0) is 15.9. The minimum absolute atomic E-state index is 0. The van der Waals surface area contributed by atoms with Crippen LogP contribution in [0.4, 0.5) is 0 Å². The highest BCUT2D eigenvalue weighted by atomic mass is 127. The topological polar surface area (TPSA) is 39.7 Å². The van der Waals surface area contributed by atoms with Gasteiger partial charge in [0.15, 0.2) is 5.96 Å². The summed E-state index contributed by atoms with van der Waals surface area (Å²) < 4.78 is 0. The van der Waals surface area contributed by atoms with Crippen LogP contribution in [0.3, 0.4) is 0 Å². The average molecular weight is 456 g/mol. The van der Waals surface area contributed by atoms with Crippen LogP contribution >= 0.6 is 35.7 Å². The summed E-state index contributed by atoms with van der Waals surface area (Å²) in [5.74, 6) is 2.21. The molecular formula is C17H37IN4S. The van der Waals surface area contributed by atoms with Crippen LogP contribution in [0.15, 0.2) is 4.99 Å². The number of halogens is 1. The number of nitrogens with zero attached hydrogens (tertiary/aromatic N) is 2. The maximum atomic E-state index is 4.28. The maximum Gasteiger partial charge on any atom is 0.190 e. The molecule has 0 saturated carbocycles. The smallest absolute Gasteiger partial charge is 0.190 e. The van der Waals surface area contributed by atoms with Crippen molar-refractivity contribution < 1.29 is 0 Å². The molecule has 138 valence electrons. The Kier molecular flexibility index (Phi) is 17.4. The minimum Gasteiger partial charge on any atom is -0.356 e. The normalized spacial score (nSPS) is 16.0. The predicted octanol–water partition coefficient (Wildman–Crippen LogP) is 3.57. The molecule has 6 heteroatoms. The van der Waals surface area contributed by atoms with Crippen LogP contribution in [0.25, 0.3) is 0 Å². The summed E-state index contributed by atoms with van der Waals surface area (Å²) in [5.41, 5.74) is 0. The highest BCUT2D eigenvalue weighted by molar-refractivity contribution is 14.0. The first-order valence-corrected chi connectivity index (χ1v) is 10.4. The van der Waals surface area contributed by atoms with Crippen LogP contribution in [0.2, 0.25) is 0 Å². The van der Waals surface area contributed by atoms with Crippen molar-refractivity contribution in [3.05, 3.63) is 0 Å². The first kappa shape index (κ1) is 23.3. The summed E-state index contributed by atoms with van der Waals surface area (Å²) >= 11 is 1.92. The number of likely N-dealkylation sites (tertiary alicyclic amines) is 1. The van der Waals surface area contributed by atoms with Gasteiger partial charge in [-0.3, -0.25) is 4.99 Å². The molecule has 4 nitrogen and oxygen atoms in total. The molecule has 0 aromatic carbocycles. The van der Waals surface area contributed by atoms with E-state index in [0.717, 1.165) is 19.0 Å². The quantitative estimate of drug-likeness (QED) is 0.216. The van der Waals surface area contributed by atoms with Gasteiger partial charge in [0.1, 0.15) is 0 Å². The van der Waals surface area contributed by atoms with Crippen molar-refractivity contribution in [3.8, 4) is 0 Å². The van der Waals surface area contributed by atoms with Crippen molar-refractivity contribution in [2.45, 2.75) is 51.4 Å². The first-order chi connectivity index (χ1) is 10.9.